The number of aryl methyl sites for hydroxylation is 1. The van der Waals surface area contributed by atoms with Crippen molar-refractivity contribution in [2.45, 2.75) is 55.6 Å². The number of carbonyl (C=O) groups excluding carboxylic acids is 1. The van der Waals surface area contributed by atoms with Gasteiger partial charge in [-0.25, -0.2) is 8.42 Å². The Bertz CT molecular complexity index is 1170. The van der Waals surface area contributed by atoms with Gasteiger partial charge in [0.2, 0.25) is 15.9 Å². The van der Waals surface area contributed by atoms with Crippen molar-refractivity contribution in [3.05, 3.63) is 45.7 Å². The second-order valence-electron chi connectivity index (χ2n) is 8.82. The molecule has 1 saturated carbocycles. The molecule has 1 aliphatic heterocycles. The number of hydrogen-bond acceptors (Lipinski definition) is 4. The van der Waals surface area contributed by atoms with Crippen LogP contribution in [-0.4, -0.2) is 48.0 Å². The Morgan fingerprint density at radius 1 is 1.09 bits per heavy atom. The minimum absolute atomic E-state index is 0.00460. The number of rotatable bonds is 8. The van der Waals surface area contributed by atoms with Gasteiger partial charge in [-0.2, -0.15) is 22.6 Å². The van der Waals surface area contributed by atoms with Crippen molar-refractivity contribution >= 4 is 39.1 Å². The largest absolute Gasteiger partial charge is 0.436 e. The Hall–Kier alpha value is -1.82. The maximum atomic E-state index is 13.2. The van der Waals surface area contributed by atoms with Gasteiger partial charge in [0.15, 0.2) is 5.69 Å². The van der Waals surface area contributed by atoms with Gasteiger partial charge in [-0.15, -0.1) is 0 Å². The zero-order valence-corrected chi connectivity index (χ0v) is 21.0. The number of benzene rings is 1. The highest BCUT2D eigenvalue weighted by Crippen LogP contribution is 2.46. The van der Waals surface area contributed by atoms with Gasteiger partial charge in [-0.05, 0) is 56.4 Å². The summed E-state index contributed by atoms with van der Waals surface area (Å²) in [4.78, 5) is 12.7. The van der Waals surface area contributed by atoms with Crippen molar-refractivity contribution in [2.75, 3.05) is 19.6 Å². The van der Waals surface area contributed by atoms with Gasteiger partial charge in [0.05, 0.1) is 15.6 Å². The van der Waals surface area contributed by atoms with E-state index in [2.05, 4.69) is 10.4 Å². The lowest BCUT2D eigenvalue weighted by Gasteiger charge is -2.30. The number of sulfonamides is 1. The fourth-order valence-corrected chi connectivity index (χ4v) is 6.24. The van der Waals surface area contributed by atoms with Crippen LogP contribution in [0.5, 0.6) is 0 Å². The first-order valence-electron chi connectivity index (χ1n) is 11.4. The third-order valence-electron chi connectivity index (χ3n) is 6.29. The monoisotopic (exact) mass is 552 g/mol. The van der Waals surface area contributed by atoms with Gasteiger partial charge in [0.1, 0.15) is 0 Å². The van der Waals surface area contributed by atoms with Crippen LogP contribution in [-0.2, 0) is 27.5 Å². The highest BCUT2D eigenvalue weighted by Gasteiger charge is 2.42. The molecule has 0 atom stereocenters. The molecule has 0 spiro atoms. The van der Waals surface area contributed by atoms with Gasteiger partial charge in [-0.3, -0.25) is 9.48 Å². The molecule has 1 aromatic carbocycles. The van der Waals surface area contributed by atoms with E-state index < -0.39 is 21.9 Å². The number of nitrogens with one attached hydrogen (secondary N) is 1. The minimum Gasteiger partial charge on any atom is -0.356 e. The standard InChI is InChI=1S/C22H25Cl2F3N4O3S/c23-16-4-6-17(7-5-16)35(33,34)30-12-8-15(9-13-30)21(32)28-10-1-11-31-19(14-2-3-14)18(24)20(29-31)22(25,26)27/h4-7,14-15H,1-3,8-13H2,(H,28,32). The molecular weight excluding hydrogens is 528 g/mol. The van der Waals surface area contributed by atoms with Crippen LogP contribution in [0.4, 0.5) is 13.2 Å². The number of halogens is 5. The molecule has 35 heavy (non-hydrogen) atoms. The summed E-state index contributed by atoms with van der Waals surface area (Å²) in [5.41, 5.74) is -0.648. The molecule has 0 radical (unpaired) electrons. The molecule has 1 N–H and O–H groups in total. The molecule has 0 bridgehead atoms. The highest BCUT2D eigenvalue weighted by molar-refractivity contribution is 7.89. The van der Waals surface area contributed by atoms with E-state index >= 15 is 0 Å². The fraction of sp³-hybridized carbons (Fsp3) is 0.545. The lowest BCUT2D eigenvalue weighted by atomic mass is 9.97. The molecule has 2 aromatic rings. The summed E-state index contributed by atoms with van der Waals surface area (Å²) in [5.74, 6) is -0.523. The van der Waals surface area contributed by atoms with Crippen LogP contribution in [0, 0.1) is 5.92 Å². The van der Waals surface area contributed by atoms with Crippen LogP contribution in [0.3, 0.4) is 0 Å². The number of carbonyl (C=O) groups is 1. The molecule has 1 aromatic heterocycles. The molecule has 1 amide bonds. The average Bonchev–Trinajstić information content (AvgIpc) is 3.58. The molecule has 7 nitrogen and oxygen atoms in total. The summed E-state index contributed by atoms with van der Waals surface area (Å²) in [6.45, 7) is 0.921. The lowest BCUT2D eigenvalue weighted by Crippen LogP contribution is -2.43. The van der Waals surface area contributed by atoms with Crippen LogP contribution < -0.4 is 5.32 Å². The van der Waals surface area contributed by atoms with Crippen molar-refractivity contribution in [3.63, 3.8) is 0 Å². The zero-order chi connectivity index (χ0) is 25.4. The van der Waals surface area contributed by atoms with Crippen LogP contribution in [0.15, 0.2) is 29.2 Å². The molecule has 1 aliphatic carbocycles. The Labute approximate surface area is 211 Å². The van der Waals surface area contributed by atoms with Crippen LogP contribution >= 0.6 is 23.2 Å². The van der Waals surface area contributed by atoms with Crippen molar-refractivity contribution in [3.8, 4) is 0 Å². The van der Waals surface area contributed by atoms with Crippen molar-refractivity contribution in [2.24, 2.45) is 5.92 Å². The second-order valence-corrected chi connectivity index (χ2v) is 11.6. The van der Waals surface area contributed by atoms with E-state index in [-0.39, 0.29) is 53.8 Å². The van der Waals surface area contributed by atoms with E-state index in [0.717, 1.165) is 12.8 Å². The maximum Gasteiger partial charge on any atom is 0.436 e. The van der Waals surface area contributed by atoms with E-state index in [9.17, 15) is 26.4 Å². The molecule has 2 heterocycles. The smallest absolute Gasteiger partial charge is 0.356 e. The first-order valence-corrected chi connectivity index (χ1v) is 13.5. The lowest BCUT2D eigenvalue weighted by molar-refractivity contribution is -0.141. The molecular formula is C22H25Cl2F3N4O3S. The molecule has 2 fully saturated rings. The van der Waals surface area contributed by atoms with E-state index in [1.807, 2.05) is 0 Å². The summed E-state index contributed by atoms with van der Waals surface area (Å²) in [6.07, 6.45) is -1.89. The van der Waals surface area contributed by atoms with Crippen molar-refractivity contribution in [1.82, 2.24) is 19.4 Å². The summed E-state index contributed by atoms with van der Waals surface area (Å²) in [6, 6.07) is 5.94. The maximum absolute atomic E-state index is 13.2. The number of hydrogen-bond donors (Lipinski definition) is 1. The Balaban J connectivity index is 1.26. The molecule has 0 unspecified atom stereocenters. The van der Waals surface area contributed by atoms with Crippen molar-refractivity contribution in [1.29, 1.82) is 0 Å². The van der Waals surface area contributed by atoms with Crippen LogP contribution in [0.2, 0.25) is 10.0 Å². The fourth-order valence-electron chi connectivity index (χ4n) is 4.25. The number of aromatic nitrogens is 2. The molecule has 13 heteroatoms. The second kappa shape index (κ2) is 10.3. The Morgan fingerprint density at radius 3 is 2.29 bits per heavy atom. The minimum atomic E-state index is -4.61. The summed E-state index contributed by atoms with van der Waals surface area (Å²) < 4.78 is 67.8. The third-order valence-corrected chi connectivity index (χ3v) is 8.82. The third kappa shape index (κ3) is 5.95. The predicted molar refractivity (Wildman–Crippen MR) is 125 cm³/mol. The molecule has 4 rings (SSSR count). The number of piperidine rings is 1. The number of alkyl halides is 3. The van der Waals surface area contributed by atoms with E-state index in [1.54, 1.807) is 0 Å². The quantitative estimate of drug-likeness (QED) is 0.481. The summed E-state index contributed by atoms with van der Waals surface area (Å²) in [5, 5.41) is 6.61. The number of nitrogens with zero attached hydrogens (tertiary/aromatic N) is 3. The Morgan fingerprint density at radius 2 is 1.71 bits per heavy atom. The first-order chi connectivity index (χ1) is 16.5. The van der Waals surface area contributed by atoms with Gasteiger partial charge in [0, 0.05) is 43.0 Å². The topological polar surface area (TPSA) is 84.3 Å². The van der Waals surface area contributed by atoms with Gasteiger partial charge < -0.3 is 5.32 Å². The SMILES string of the molecule is O=C(NCCCn1nc(C(F)(F)F)c(Cl)c1C1CC1)C1CCN(S(=O)(=O)c2ccc(Cl)cc2)CC1. The first kappa shape index (κ1) is 26.2. The molecule has 192 valence electrons. The summed E-state index contributed by atoms with van der Waals surface area (Å²) >= 11 is 11.8. The van der Waals surface area contributed by atoms with E-state index in [4.69, 9.17) is 23.2 Å². The van der Waals surface area contributed by atoms with Gasteiger partial charge in [0.25, 0.3) is 0 Å². The van der Waals surface area contributed by atoms with Crippen molar-refractivity contribution < 1.29 is 26.4 Å². The number of amides is 1. The van der Waals surface area contributed by atoms with Gasteiger partial charge in [-0.1, -0.05) is 23.2 Å². The van der Waals surface area contributed by atoms with E-state index in [0.29, 0.717) is 30.0 Å². The van der Waals surface area contributed by atoms with Gasteiger partial charge >= 0.3 is 6.18 Å². The predicted octanol–water partition coefficient (Wildman–Crippen LogP) is 4.69. The normalized spacial score (nSPS) is 18.1. The summed E-state index contributed by atoms with van der Waals surface area (Å²) in [7, 11) is -3.66. The zero-order valence-electron chi connectivity index (χ0n) is 18.7. The van der Waals surface area contributed by atoms with Crippen LogP contribution in [0.1, 0.15) is 49.4 Å². The average molecular weight is 553 g/mol. The Kier molecular flexibility index (Phi) is 7.71. The highest BCUT2D eigenvalue weighted by atomic mass is 35.5. The molecule has 1 saturated heterocycles. The van der Waals surface area contributed by atoms with Crippen LogP contribution in [0.25, 0.3) is 0 Å². The molecule has 2 aliphatic rings. The van der Waals surface area contributed by atoms with E-state index in [1.165, 1.54) is 33.3 Å².